The van der Waals surface area contributed by atoms with E-state index < -0.39 is 16.1 Å². The highest BCUT2D eigenvalue weighted by Gasteiger charge is 2.30. The van der Waals surface area contributed by atoms with Gasteiger partial charge in [-0.25, -0.2) is 9.03 Å². The number of anilines is 1. The number of aryl methyl sites for hydroxylation is 2. The Morgan fingerprint density at radius 3 is 2.44 bits per heavy atom. The summed E-state index contributed by atoms with van der Waals surface area (Å²) >= 11 is 0. The lowest BCUT2D eigenvalue weighted by molar-refractivity contribution is 0.392. The topological polar surface area (TPSA) is 89.9 Å². The number of aromatic hydroxyl groups is 1. The van der Waals surface area contributed by atoms with E-state index >= 15 is 0 Å². The molecule has 1 aliphatic rings. The Hall–Kier alpha value is -3.19. The molecule has 3 N–H and O–H groups in total. The summed E-state index contributed by atoms with van der Waals surface area (Å²) in [6.07, 6.45) is 2.51. The fraction of sp³-hybridized carbons (Fsp3) is 0.100. The molecule has 0 bridgehead atoms. The van der Waals surface area contributed by atoms with Crippen LogP contribution < -0.4 is 9.03 Å². The van der Waals surface area contributed by atoms with Crippen LogP contribution in [0.5, 0.6) is 5.75 Å². The van der Waals surface area contributed by atoms with Crippen molar-refractivity contribution in [3.63, 3.8) is 0 Å². The number of hydrogen-bond donors (Lipinski definition) is 3. The summed E-state index contributed by atoms with van der Waals surface area (Å²) in [4.78, 5) is 0. The molecule has 6 nitrogen and oxygen atoms in total. The molecule has 0 saturated carbocycles. The number of hydrogen-bond acceptors (Lipinski definition) is 4. The number of phenolic OH excluding ortho intramolecular Hbond substituents is 1. The summed E-state index contributed by atoms with van der Waals surface area (Å²) < 4.78 is 26.6. The second kappa shape index (κ2) is 6.51. The van der Waals surface area contributed by atoms with E-state index in [2.05, 4.69) is 24.3 Å². The molecule has 3 aromatic rings. The van der Waals surface area contributed by atoms with E-state index in [-0.39, 0.29) is 11.4 Å². The summed E-state index contributed by atoms with van der Waals surface area (Å²) in [6, 6.07) is 19.3. The normalized spacial score (nSPS) is 15.6. The summed E-state index contributed by atoms with van der Waals surface area (Å²) in [5.74, 6) is -0.656. The third kappa shape index (κ3) is 3.29. The molecule has 7 heteroatoms. The average Bonchev–Trinajstić information content (AvgIpc) is 2.92. The van der Waals surface area contributed by atoms with E-state index in [1.165, 1.54) is 22.4 Å². The van der Waals surface area contributed by atoms with Gasteiger partial charge in [0.15, 0.2) is 0 Å². The van der Waals surface area contributed by atoms with Crippen molar-refractivity contribution in [2.45, 2.75) is 12.8 Å². The average molecular weight is 382 g/mol. The maximum Gasteiger partial charge on any atom is 0.330 e. The Bertz CT molecular complexity index is 1150. The maximum absolute atomic E-state index is 11.9. The van der Waals surface area contributed by atoms with Crippen molar-refractivity contribution >= 4 is 26.7 Å². The van der Waals surface area contributed by atoms with Gasteiger partial charge in [-0.2, -0.15) is 8.42 Å². The van der Waals surface area contributed by atoms with Crippen molar-refractivity contribution in [3.05, 3.63) is 83.9 Å². The highest BCUT2D eigenvalue weighted by molar-refractivity contribution is 7.91. The molecule has 0 aromatic heterocycles. The van der Waals surface area contributed by atoms with Crippen LogP contribution in [0, 0.1) is 0 Å². The van der Waals surface area contributed by atoms with Crippen LogP contribution >= 0.6 is 0 Å². The fourth-order valence-electron chi connectivity index (χ4n) is 3.29. The molecular formula is C20H18N2O4S. The highest BCUT2D eigenvalue weighted by atomic mass is 32.2. The number of fused-ring (bicyclic) bond motifs is 1. The molecule has 0 radical (unpaired) electrons. The van der Waals surface area contributed by atoms with Gasteiger partial charge in [-0.05, 0) is 46.9 Å². The van der Waals surface area contributed by atoms with Gasteiger partial charge in [0, 0.05) is 0 Å². The standard InChI is InChI=1S/C20H18N2O4S/c23-19-12-14(9-11-18(19)22-13-20(24)21-27(22,25)26)8-10-16-6-3-5-15-4-1-2-7-17(15)16/h1-7,9,11-13,21,23-24H,8,10H2. The molecule has 0 aliphatic carbocycles. The van der Waals surface area contributed by atoms with Crippen molar-refractivity contribution < 1.29 is 18.6 Å². The van der Waals surface area contributed by atoms with E-state index in [9.17, 15) is 18.6 Å². The summed E-state index contributed by atoms with van der Waals surface area (Å²) in [5.41, 5.74) is 2.19. The Kier molecular flexibility index (Phi) is 4.16. The van der Waals surface area contributed by atoms with Gasteiger partial charge in [0.2, 0.25) is 5.88 Å². The second-order valence-electron chi connectivity index (χ2n) is 6.38. The molecule has 0 amide bonds. The lowest BCUT2D eigenvalue weighted by Crippen LogP contribution is -2.29. The van der Waals surface area contributed by atoms with Crippen molar-refractivity contribution in [2.24, 2.45) is 0 Å². The Balaban J connectivity index is 1.57. The predicted octanol–water partition coefficient (Wildman–Crippen LogP) is 3.34. The molecule has 0 unspecified atom stereocenters. The van der Waals surface area contributed by atoms with Gasteiger partial charge < -0.3 is 10.2 Å². The minimum atomic E-state index is -3.92. The van der Waals surface area contributed by atoms with Crippen molar-refractivity contribution in [1.82, 2.24) is 4.72 Å². The summed E-state index contributed by atoms with van der Waals surface area (Å²) in [5, 5.41) is 22.1. The molecule has 4 rings (SSSR count). The van der Waals surface area contributed by atoms with Crippen molar-refractivity contribution in [1.29, 1.82) is 0 Å². The van der Waals surface area contributed by atoms with Crippen LogP contribution in [-0.4, -0.2) is 18.6 Å². The fourth-order valence-corrected chi connectivity index (χ4v) is 4.35. The number of aliphatic hydroxyl groups is 1. The third-order valence-electron chi connectivity index (χ3n) is 4.57. The van der Waals surface area contributed by atoms with Crippen LogP contribution in [0.3, 0.4) is 0 Å². The highest BCUT2D eigenvalue weighted by Crippen LogP contribution is 2.33. The lowest BCUT2D eigenvalue weighted by atomic mass is 9.98. The summed E-state index contributed by atoms with van der Waals surface area (Å²) in [6.45, 7) is 0. The maximum atomic E-state index is 11.9. The van der Waals surface area contributed by atoms with E-state index in [1.54, 1.807) is 12.1 Å². The zero-order valence-corrected chi connectivity index (χ0v) is 15.1. The zero-order valence-electron chi connectivity index (χ0n) is 14.3. The summed E-state index contributed by atoms with van der Waals surface area (Å²) in [7, 11) is -3.92. The third-order valence-corrected chi connectivity index (χ3v) is 5.86. The second-order valence-corrected chi connectivity index (χ2v) is 7.93. The van der Waals surface area contributed by atoms with Gasteiger partial charge in [-0.3, -0.25) is 0 Å². The predicted molar refractivity (Wildman–Crippen MR) is 105 cm³/mol. The number of rotatable bonds is 4. The first-order valence-electron chi connectivity index (χ1n) is 8.45. The minimum Gasteiger partial charge on any atom is -0.506 e. The number of nitrogens with zero attached hydrogens (tertiary/aromatic N) is 1. The Labute approximate surface area is 157 Å². The zero-order chi connectivity index (χ0) is 19.0. The van der Waals surface area contributed by atoms with Crippen LogP contribution in [0.2, 0.25) is 0 Å². The largest absolute Gasteiger partial charge is 0.506 e. The first-order chi connectivity index (χ1) is 12.9. The Morgan fingerprint density at radius 2 is 1.70 bits per heavy atom. The van der Waals surface area contributed by atoms with E-state index in [4.69, 9.17) is 0 Å². The van der Waals surface area contributed by atoms with Crippen LogP contribution in [-0.2, 0) is 23.1 Å². The molecule has 0 atom stereocenters. The lowest BCUT2D eigenvalue weighted by Gasteiger charge is -2.16. The van der Waals surface area contributed by atoms with E-state index in [0.29, 0.717) is 6.42 Å². The van der Waals surface area contributed by atoms with Gasteiger partial charge >= 0.3 is 10.2 Å². The Morgan fingerprint density at radius 1 is 0.926 bits per heavy atom. The minimum absolute atomic E-state index is 0.0838. The van der Waals surface area contributed by atoms with Gasteiger partial charge in [-0.15, -0.1) is 0 Å². The molecule has 0 saturated heterocycles. The quantitative estimate of drug-likeness (QED) is 0.646. The smallest absolute Gasteiger partial charge is 0.330 e. The number of aliphatic hydroxyl groups excluding tert-OH is 1. The molecule has 27 heavy (non-hydrogen) atoms. The molecule has 0 spiro atoms. The van der Waals surface area contributed by atoms with Gasteiger partial charge in [0.05, 0.1) is 6.20 Å². The molecule has 138 valence electrons. The van der Waals surface area contributed by atoms with Gasteiger partial charge in [-0.1, -0.05) is 48.5 Å². The monoisotopic (exact) mass is 382 g/mol. The van der Waals surface area contributed by atoms with Crippen molar-refractivity contribution in [3.8, 4) is 5.75 Å². The molecule has 3 aromatic carbocycles. The molecule has 1 aliphatic heterocycles. The number of phenols is 1. The first kappa shape index (κ1) is 17.2. The van der Waals surface area contributed by atoms with Crippen LogP contribution in [0.15, 0.2) is 72.7 Å². The van der Waals surface area contributed by atoms with E-state index in [0.717, 1.165) is 22.5 Å². The van der Waals surface area contributed by atoms with Crippen LogP contribution in [0.25, 0.3) is 10.8 Å². The number of benzene rings is 3. The molecule has 0 fully saturated rings. The van der Waals surface area contributed by atoms with E-state index in [1.807, 2.05) is 22.9 Å². The first-order valence-corrected chi connectivity index (χ1v) is 9.89. The van der Waals surface area contributed by atoms with Crippen molar-refractivity contribution in [2.75, 3.05) is 4.31 Å². The van der Waals surface area contributed by atoms with Crippen LogP contribution in [0.1, 0.15) is 11.1 Å². The number of nitrogens with one attached hydrogen (secondary N) is 1. The SMILES string of the molecule is O=S1(=O)NC(O)=CN1c1ccc(CCc2cccc3ccccc23)cc1O. The molecule has 1 heterocycles. The van der Waals surface area contributed by atoms with Gasteiger partial charge in [0.25, 0.3) is 0 Å². The van der Waals surface area contributed by atoms with Gasteiger partial charge in [0.1, 0.15) is 11.4 Å². The van der Waals surface area contributed by atoms with Crippen LogP contribution in [0.4, 0.5) is 5.69 Å². The molecular weight excluding hydrogens is 364 g/mol.